The topological polar surface area (TPSA) is 54.0 Å². The summed E-state index contributed by atoms with van der Waals surface area (Å²) in [6.07, 6.45) is 2.27. The molecular weight excluding hydrogens is 392 g/mol. The van der Waals surface area contributed by atoms with E-state index in [1.165, 1.54) is 5.57 Å². The predicted octanol–water partition coefficient (Wildman–Crippen LogP) is 5.18. The second kappa shape index (κ2) is 7.72. The van der Waals surface area contributed by atoms with Gasteiger partial charge in [0, 0.05) is 11.3 Å². The van der Waals surface area contributed by atoms with Gasteiger partial charge in [-0.25, -0.2) is 4.79 Å². The van der Waals surface area contributed by atoms with Crippen molar-refractivity contribution >= 4 is 5.97 Å². The number of esters is 1. The highest BCUT2D eigenvalue weighted by molar-refractivity contribution is 5.89. The van der Waals surface area contributed by atoms with Gasteiger partial charge in [0.15, 0.2) is 11.5 Å². The van der Waals surface area contributed by atoms with Crippen LogP contribution >= 0.6 is 0 Å². The number of allylic oxidation sites excluding steroid dienone is 1. The van der Waals surface area contributed by atoms with Gasteiger partial charge in [-0.2, -0.15) is 0 Å². The van der Waals surface area contributed by atoms with E-state index in [2.05, 4.69) is 32.9 Å². The number of fused-ring (bicyclic) bond motifs is 3. The molecule has 1 aliphatic carbocycles. The highest BCUT2D eigenvalue weighted by atomic mass is 16.7. The van der Waals surface area contributed by atoms with Crippen LogP contribution in [0, 0.1) is 23.2 Å². The number of ether oxygens (including phenoxy) is 4. The van der Waals surface area contributed by atoms with Gasteiger partial charge in [0.1, 0.15) is 6.61 Å². The summed E-state index contributed by atoms with van der Waals surface area (Å²) in [5.41, 5.74) is 2.75. The van der Waals surface area contributed by atoms with Gasteiger partial charge in [-0.05, 0) is 48.6 Å². The number of benzene rings is 2. The Bertz CT molecular complexity index is 1010. The van der Waals surface area contributed by atoms with Crippen molar-refractivity contribution in [2.45, 2.75) is 26.9 Å². The third-order valence-electron chi connectivity index (χ3n) is 7.46. The van der Waals surface area contributed by atoms with E-state index in [0.29, 0.717) is 24.7 Å². The summed E-state index contributed by atoms with van der Waals surface area (Å²) in [5, 5.41) is 0. The van der Waals surface area contributed by atoms with E-state index >= 15 is 0 Å². The van der Waals surface area contributed by atoms with Gasteiger partial charge >= 0.3 is 5.97 Å². The molecule has 2 bridgehead atoms. The van der Waals surface area contributed by atoms with Crippen molar-refractivity contribution in [1.29, 1.82) is 0 Å². The van der Waals surface area contributed by atoms with Crippen molar-refractivity contribution in [3.05, 3.63) is 71.3 Å². The molecule has 2 aromatic rings. The van der Waals surface area contributed by atoms with Gasteiger partial charge in [-0.3, -0.25) is 0 Å². The standard InChI is InChI=1S/C26H28O5/c1-16-11-17(2)26(14-29-25(27)19-7-5-4-6-8-19)13-28-24(23(16)18(26)3)20-9-10-21-22(12-20)31-15-30-21/h4-12,17-18,23-24H,13-15H2,1-3H3/t17-,18+,23+,24+,26+/m1/s1. The van der Waals surface area contributed by atoms with Crippen molar-refractivity contribution in [1.82, 2.24) is 0 Å². The van der Waals surface area contributed by atoms with Crippen LogP contribution in [0.1, 0.15) is 42.8 Å². The maximum absolute atomic E-state index is 12.6. The molecule has 0 aromatic heterocycles. The monoisotopic (exact) mass is 420 g/mol. The van der Waals surface area contributed by atoms with Gasteiger partial charge in [0.25, 0.3) is 0 Å². The smallest absolute Gasteiger partial charge is 0.338 e. The molecule has 1 fully saturated rings. The Balaban J connectivity index is 1.40. The Morgan fingerprint density at radius 1 is 1.10 bits per heavy atom. The average molecular weight is 421 g/mol. The van der Waals surface area contributed by atoms with E-state index in [0.717, 1.165) is 17.1 Å². The number of rotatable bonds is 4. The summed E-state index contributed by atoms with van der Waals surface area (Å²) in [5.74, 6) is 2.02. The normalized spacial score (nSPS) is 31.1. The molecule has 3 aliphatic rings. The van der Waals surface area contributed by atoms with Crippen LogP contribution in [-0.4, -0.2) is 26.0 Å². The van der Waals surface area contributed by atoms with Crippen LogP contribution in [0.4, 0.5) is 0 Å². The molecular formula is C26H28O5. The van der Waals surface area contributed by atoms with Crippen molar-refractivity contribution in [3.8, 4) is 11.5 Å². The van der Waals surface area contributed by atoms with Crippen molar-refractivity contribution in [3.63, 3.8) is 0 Å². The summed E-state index contributed by atoms with van der Waals surface area (Å²) in [6, 6.07) is 15.2. The first-order valence-corrected chi connectivity index (χ1v) is 10.9. The molecule has 1 saturated heterocycles. The van der Waals surface area contributed by atoms with Crippen LogP contribution < -0.4 is 9.47 Å². The van der Waals surface area contributed by atoms with Crippen molar-refractivity contribution in [2.75, 3.05) is 20.0 Å². The molecule has 5 rings (SSSR count). The second-order valence-corrected chi connectivity index (χ2v) is 9.03. The Kier molecular flexibility index (Phi) is 5.01. The molecule has 5 atom stereocenters. The zero-order valence-electron chi connectivity index (χ0n) is 18.2. The first-order valence-electron chi connectivity index (χ1n) is 10.9. The number of carbonyl (C=O) groups excluding carboxylic acids is 1. The van der Waals surface area contributed by atoms with Crippen LogP contribution in [0.2, 0.25) is 0 Å². The predicted molar refractivity (Wildman–Crippen MR) is 116 cm³/mol. The molecule has 2 heterocycles. The number of carbonyl (C=O) groups is 1. The van der Waals surface area contributed by atoms with Crippen LogP contribution in [0.15, 0.2) is 60.2 Å². The van der Waals surface area contributed by atoms with Gasteiger partial charge in [0.2, 0.25) is 6.79 Å². The van der Waals surface area contributed by atoms with E-state index < -0.39 is 0 Å². The lowest BCUT2D eigenvalue weighted by Crippen LogP contribution is -2.54. The van der Waals surface area contributed by atoms with Crippen molar-refractivity contribution < 1.29 is 23.7 Å². The maximum atomic E-state index is 12.6. The largest absolute Gasteiger partial charge is 0.461 e. The molecule has 0 amide bonds. The Morgan fingerprint density at radius 3 is 2.68 bits per heavy atom. The Morgan fingerprint density at radius 2 is 1.87 bits per heavy atom. The molecule has 0 unspecified atom stereocenters. The zero-order valence-corrected chi connectivity index (χ0v) is 18.2. The fourth-order valence-electron chi connectivity index (χ4n) is 5.51. The van der Waals surface area contributed by atoms with Gasteiger partial charge in [-0.15, -0.1) is 0 Å². The minimum absolute atomic E-state index is 0.0637. The van der Waals surface area contributed by atoms with Crippen molar-refractivity contribution in [2.24, 2.45) is 23.2 Å². The fourth-order valence-corrected chi connectivity index (χ4v) is 5.51. The Hall–Kier alpha value is -2.79. The van der Waals surface area contributed by atoms with Gasteiger partial charge in [0.05, 0.1) is 18.3 Å². The van der Waals surface area contributed by atoms with E-state index in [9.17, 15) is 4.79 Å². The first kappa shape index (κ1) is 20.1. The van der Waals surface area contributed by atoms with Gasteiger partial charge in [-0.1, -0.05) is 49.8 Å². The quantitative estimate of drug-likeness (QED) is 0.504. The lowest BCUT2D eigenvalue weighted by atomic mass is 9.56. The second-order valence-electron chi connectivity index (χ2n) is 9.03. The molecule has 5 nitrogen and oxygen atoms in total. The van der Waals surface area contributed by atoms with E-state index in [-0.39, 0.29) is 36.1 Å². The SMILES string of the molecule is CC1=C[C@@H](C)[C@@]2(COC(=O)c3ccccc3)CO[C@@H](c3ccc4c(c3)OCO4)[C@@H]1[C@@H]2C. The van der Waals surface area contributed by atoms with Gasteiger partial charge < -0.3 is 18.9 Å². The number of hydrogen-bond acceptors (Lipinski definition) is 5. The van der Waals surface area contributed by atoms with E-state index in [4.69, 9.17) is 18.9 Å². The van der Waals surface area contributed by atoms with Crippen LogP contribution in [0.5, 0.6) is 11.5 Å². The first-order chi connectivity index (χ1) is 15.0. The average Bonchev–Trinajstić information content (AvgIpc) is 3.25. The lowest BCUT2D eigenvalue weighted by molar-refractivity contribution is -0.166. The van der Waals surface area contributed by atoms with Crippen LogP contribution in [-0.2, 0) is 9.47 Å². The Labute approximate surface area is 183 Å². The van der Waals surface area contributed by atoms with E-state index in [1.807, 2.05) is 30.3 Å². The third kappa shape index (κ3) is 3.32. The number of hydrogen-bond donors (Lipinski definition) is 0. The maximum Gasteiger partial charge on any atom is 0.338 e. The highest BCUT2D eigenvalue weighted by Gasteiger charge is 2.54. The van der Waals surface area contributed by atoms with Crippen LogP contribution in [0.25, 0.3) is 0 Å². The highest BCUT2D eigenvalue weighted by Crippen LogP contribution is 2.56. The summed E-state index contributed by atoms with van der Waals surface area (Å²) >= 11 is 0. The summed E-state index contributed by atoms with van der Waals surface area (Å²) in [6.45, 7) is 7.81. The summed E-state index contributed by atoms with van der Waals surface area (Å²) in [4.78, 5) is 12.6. The molecule has 2 aromatic carbocycles. The fraction of sp³-hybridized carbons (Fsp3) is 0.423. The molecule has 31 heavy (non-hydrogen) atoms. The summed E-state index contributed by atoms with van der Waals surface area (Å²) in [7, 11) is 0. The molecule has 2 aliphatic heterocycles. The minimum Gasteiger partial charge on any atom is -0.461 e. The lowest BCUT2D eigenvalue weighted by Gasteiger charge is -2.55. The molecule has 162 valence electrons. The van der Waals surface area contributed by atoms with Crippen LogP contribution in [0.3, 0.4) is 0 Å². The zero-order chi connectivity index (χ0) is 21.6. The molecule has 0 saturated carbocycles. The van der Waals surface area contributed by atoms with E-state index in [1.54, 1.807) is 12.1 Å². The molecule has 0 N–H and O–H groups in total. The molecule has 0 radical (unpaired) electrons. The summed E-state index contributed by atoms with van der Waals surface area (Å²) < 4.78 is 23.4. The molecule has 0 spiro atoms. The minimum atomic E-state index is -0.282. The molecule has 5 heteroatoms. The third-order valence-corrected chi connectivity index (χ3v) is 7.46.